The molecule has 0 amide bonds. The second kappa shape index (κ2) is 5.10. The second-order valence-electron chi connectivity index (χ2n) is 4.93. The van der Waals surface area contributed by atoms with Gasteiger partial charge in [-0.25, -0.2) is 4.98 Å². The Hall–Kier alpha value is -1.97. The number of anilines is 2. The number of nitrogens with zero attached hydrogens (tertiary/aromatic N) is 4. The van der Waals surface area contributed by atoms with Crippen molar-refractivity contribution in [2.45, 2.75) is 31.5 Å². The molecule has 9 nitrogen and oxygen atoms in total. The van der Waals surface area contributed by atoms with E-state index in [-0.39, 0.29) is 0 Å². The SMILES string of the molecule is CNc1nc(NC)c2ncn([C@@H]3O[C@H](C)[C@@H](O)[C@H]3O)c2n1. The Kier molecular flexibility index (Phi) is 3.40. The summed E-state index contributed by atoms with van der Waals surface area (Å²) in [6, 6.07) is 0. The third-order valence-corrected chi connectivity index (χ3v) is 3.63. The quantitative estimate of drug-likeness (QED) is 0.601. The van der Waals surface area contributed by atoms with Gasteiger partial charge in [-0.05, 0) is 6.92 Å². The normalized spacial score (nSPS) is 29.0. The van der Waals surface area contributed by atoms with Crippen LogP contribution in [0.25, 0.3) is 11.2 Å². The zero-order valence-electron chi connectivity index (χ0n) is 12.0. The van der Waals surface area contributed by atoms with Crippen molar-refractivity contribution in [1.29, 1.82) is 0 Å². The van der Waals surface area contributed by atoms with Gasteiger partial charge in [0.05, 0.1) is 12.4 Å². The number of hydrogen-bond acceptors (Lipinski definition) is 8. The van der Waals surface area contributed by atoms with Crippen LogP contribution in [0.1, 0.15) is 13.2 Å². The topological polar surface area (TPSA) is 117 Å². The van der Waals surface area contributed by atoms with E-state index in [0.29, 0.717) is 22.9 Å². The van der Waals surface area contributed by atoms with Gasteiger partial charge in [-0.2, -0.15) is 9.97 Å². The molecule has 0 aliphatic carbocycles. The maximum absolute atomic E-state index is 10.1. The number of nitrogens with one attached hydrogen (secondary N) is 2. The number of aromatic nitrogens is 4. The Balaban J connectivity index is 2.12. The third-order valence-electron chi connectivity index (χ3n) is 3.63. The molecular formula is C12H18N6O3. The maximum Gasteiger partial charge on any atom is 0.226 e. The van der Waals surface area contributed by atoms with Gasteiger partial charge in [0.25, 0.3) is 0 Å². The van der Waals surface area contributed by atoms with Gasteiger partial charge in [0.1, 0.15) is 12.2 Å². The molecular weight excluding hydrogens is 276 g/mol. The molecule has 0 bridgehead atoms. The van der Waals surface area contributed by atoms with E-state index in [4.69, 9.17) is 4.74 Å². The first-order valence-corrected chi connectivity index (χ1v) is 6.68. The molecule has 0 unspecified atom stereocenters. The van der Waals surface area contributed by atoms with Crippen molar-refractivity contribution in [2.24, 2.45) is 0 Å². The molecule has 1 fully saturated rings. The molecule has 0 spiro atoms. The van der Waals surface area contributed by atoms with Gasteiger partial charge >= 0.3 is 0 Å². The Labute approximate surface area is 121 Å². The number of imidazole rings is 1. The van der Waals surface area contributed by atoms with Crippen molar-refractivity contribution in [2.75, 3.05) is 24.7 Å². The molecule has 21 heavy (non-hydrogen) atoms. The fourth-order valence-corrected chi connectivity index (χ4v) is 2.45. The minimum Gasteiger partial charge on any atom is -0.388 e. The van der Waals surface area contributed by atoms with Crippen LogP contribution in [-0.2, 0) is 4.74 Å². The average molecular weight is 294 g/mol. The zero-order valence-corrected chi connectivity index (χ0v) is 12.0. The minimum atomic E-state index is -1.04. The number of ether oxygens (including phenoxy) is 1. The average Bonchev–Trinajstić information content (AvgIpc) is 3.02. The number of fused-ring (bicyclic) bond motifs is 1. The van der Waals surface area contributed by atoms with Crippen LogP contribution < -0.4 is 10.6 Å². The van der Waals surface area contributed by atoms with Crippen LogP contribution in [0, 0.1) is 0 Å². The highest BCUT2D eigenvalue weighted by atomic mass is 16.6. The highest BCUT2D eigenvalue weighted by Crippen LogP contribution is 2.32. The van der Waals surface area contributed by atoms with E-state index in [0.717, 1.165) is 0 Å². The lowest BCUT2D eigenvalue weighted by molar-refractivity contribution is -0.0299. The molecule has 0 saturated carbocycles. The Morgan fingerprint density at radius 1 is 1.19 bits per heavy atom. The molecule has 0 aromatic carbocycles. The number of aliphatic hydroxyl groups is 2. The monoisotopic (exact) mass is 294 g/mol. The summed E-state index contributed by atoms with van der Waals surface area (Å²) < 4.78 is 7.21. The molecule has 3 rings (SSSR count). The Morgan fingerprint density at radius 3 is 2.52 bits per heavy atom. The Bertz CT molecular complexity index is 660. The number of hydrogen-bond donors (Lipinski definition) is 4. The molecule has 2 aromatic heterocycles. The van der Waals surface area contributed by atoms with Gasteiger partial charge in [-0.15, -0.1) is 0 Å². The molecule has 114 valence electrons. The van der Waals surface area contributed by atoms with E-state index in [2.05, 4.69) is 25.6 Å². The molecule has 0 radical (unpaired) electrons. The summed E-state index contributed by atoms with van der Waals surface area (Å²) in [5, 5.41) is 25.8. The zero-order chi connectivity index (χ0) is 15.1. The van der Waals surface area contributed by atoms with Crippen LogP contribution in [0.5, 0.6) is 0 Å². The highest BCUT2D eigenvalue weighted by Gasteiger charge is 2.42. The highest BCUT2D eigenvalue weighted by molar-refractivity contribution is 5.84. The van der Waals surface area contributed by atoms with E-state index >= 15 is 0 Å². The molecule has 3 heterocycles. The van der Waals surface area contributed by atoms with E-state index in [1.165, 1.54) is 6.33 Å². The molecule has 4 N–H and O–H groups in total. The van der Waals surface area contributed by atoms with E-state index in [9.17, 15) is 10.2 Å². The molecule has 9 heteroatoms. The van der Waals surface area contributed by atoms with Crippen LogP contribution in [0.3, 0.4) is 0 Å². The fraction of sp³-hybridized carbons (Fsp3) is 0.583. The summed E-state index contributed by atoms with van der Waals surface area (Å²) in [5.74, 6) is 0.999. The van der Waals surface area contributed by atoms with Gasteiger partial charge in [0.15, 0.2) is 23.2 Å². The molecule has 1 saturated heterocycles. The fourth-order valence-electron chi connectivity index (χ4n) is 2.45. The van der Waals surface area contributed by atoms with Crippen LogP contribution in [0.2, 0.25) is 0 Å². The Morgan fingerprint density at radius 2 is 1.95 bits per heavy atom. The smallest absolute Gasteiger partial charge is 0.226 e. The lowest BCUT2D eigenvalue weighted by atomic mass is 10.1. The van der Waals surface area contributed by atoms with Gasteiger partial charge in [-0.3, -0.25) is 4.57 Å². The predicted octanol–water partition coefficient (Wildman–Crippen LogP) is -0.451. The van der Waals surface area contributed by atoms with E-state index in [1.807, 2.05) is 0 Å². The lowest BCUT2D eigenvalue weighted by Crippen LogP contribution is -2.30. The van der Waals surface area contributed by atoms with Gasteiger partial charge < -0.3 is 25.6 Å². The molecule has 4 atom stereocenters. The lowest BCUT2D eigenvalue weighted by Gasteiger charge is -2.16. The first-order chi connectivity index (χ1) is 10.1. The van der Waals surface area contributed by atoms with E-state index in [1.54, 1.807) is 25.6 Å². The second-order valence-corrected chi connectivity index (χ2v) is 4.93. The predicted molar refractivity (Wildman–Crippen MR) is 76.0 cm³/mol. The number of aliphatic hydroxyl groups excluding tert-OH is 2. The van der Waals surface area contributed by atoms with Gasteiger partial charge in [-0.1, -0.05) is 0 Å². The van der Waals surface area contributed by atoms with Crippen molar-refractivity contribution >= 4 is 22.9 Å². The van der Waals surface area contributed by atoms with Crippen molar-refractivity contribution < 1.29 is 14.9 Å². The first kappa shape index (κ1) is 14.0. The molecule has 2 aromatic rings. The maximum atomic E-state index is 10.1. The molecule has 1 aliphatic rings. The first-order valence-electron chi connectivity index (χ1n) is 6.68. The largest absolute Gasteiger partial charge is 0.388 e. The van der Waals surface area contributed by atoms with Crippen LogP contribution >= 0.6 is 0 Å². The summed E-state index contributed by atoms with van der Waals surface area (Å²) >= 11 is 0. The van der Waals surface area contributed by atoms with Crippen LogP contribution in [-0.4, -0.2) is 62.1 Å². The standard InChI is InChI=1S/C12H18N6O3/c1-5-7(19)8(20)11(21-5)18-4-15-6-9(13-2)16-12(14-3)17-10(6)18/h4-5,7-8,11,19-20H,1-3H3,(H2,13,14,16,17)/t5-,7-,8-,11-/m1/s1. The summed E-state index contributed by atoms with van der Waals surface area (Å²) in [6.07, 6.45) is -1.65. The summed E-state index contributed by atoms with van der Waals surface area (Å²) in [7, 11) is 3.46. The molecule has 1 aliphatic heterocycles. The summed E-state index contributed by atoms with van der Waals surface area (Å²) in [6.45, 7) is 1.71. The van der Waals surface area contributed by atoms with Crippen molar-refractivity contribution in [3.63, 3.8) is 0 Å². The van der Waals surface area contributed by atoms with Crippen molar-refractivity contribution in [1.82, 2.24) is 19.5 Å². The summed E-state index contributed by atoms with van der Waals surface area (Å²) in [4.78, 5) is 12.9. The van der Waals surface area contributed by atoms with Crippen molar-refractivity contribution in [3.8, 4) is 0 Å². The minimum absolute atomic E-state index is 0.426. The van der Waals surface area contributed by atoms with Crippen molar-refractivity contribution in [3.05, 3.63) is 6.33 Å². The van der Waals surface area contributed by atoms with E-state index < -0.39 is 24.5 Å². The van der Waals surface area contributed by atoms with Crippen LogP contribution in [0.4, 0.5) is 11.8 Å². The number of rotatable bonds is 3. The van der Waals surface area contributed by atoms with Gasteiger partial charge in [0, 0.05) is 14.1 Å². The summed E-state index contributed by atoms with van der Waals surface area (Å²) in [5.41, 5.74) is 1.09. The van der Waals surface area contributed by atoms with Gasteiger partial charge in [0.2, 0.25) is 5.95 Å². The third kappa shape index (κ3) is 2.09. The van der Waals surface area contributed by atoms with Crippen LogP contribution in [0.15, 0.2) is 6.33 Å².